The summed E-state index contributed by atoms with van der Waals surface area (Å²) in [7, 11) is 1.45. The number of benzene rings is 2. The van der Waals surface area contributed by atoms with Crippen molar-refractivity contribution in [1.82, 2.24) is 9.80 Å². The van der Waals surface area contributed by atoms with E-state index >= 15 is 0 Å². The van der Waals surface area contributed by atoms with Gasteiger partial charge in [0.05, 0.1) is 36.7 Å². The van der Waals surface area contributed by atoms with Gasteiger partial charge in [-0.15, -0.1) is 0 Å². The summed E-state index contributed by atoms with van der Waals surface area (Å²) in [6, 6.07) is 6.68. The highest BCUT2D eigenvalue weighted by Gasteiger charge is 2.35. The Kier molecular flexibility index (Phi) is 10.5. The summed E-state index contributed by atoms with van der Waals surface area (Å²) in [4.78, 5) is 41.0. The number of amides is 4. The first-order valence-corrected chi connectivity index (χ1v) is 13.3. The van der Waals surface area contributed by atoms with E-state index in [9.17, 15) is 45.8 Å². The largest absolute Gasteiger partial charge is 0.487 e. The Morgan fingerprint density at radius 3 is 2.28 bits per heavy atom. The third kappa shape index (κ3) is 9.24. The lowest BCUT2D eigenvalue weighted by Gasteiger charge is -2.38. The number of alkyl halides is 6. The summed E-state index contributed by atoms with van der Waals surface area (Å²) in [5.74, 6) is -1.73. The van der Waals surface area contributed by atoms with Crippen LogP contribution >= 0.6 is 0 Å². The van der Waals surface area contributed by atoms with Gasteiger partial charge in [-0.25, -0.2) is 4.79 Å². The zero-order chi connectivity index (χ0) is 32.1. The highest BCUT2D eigenvalue weighted by Crippen LogP contribution is 2.32. The number of carbonyl (C=O) groups is 3. The molecule has 3 atom stereocenters. The first-order valence-electron chi connectivity index (χ1n) is 13.3. The summed E-state index contributed by atoms with van der Waals surface area (Å²) >= 11 is 0. The van der Waals surface area contributed by atoms with Crippen molar-refractivity contribution >= 4 is 29.2 Å². The van der Waals surface area contributed by atoms with Gasteiger partial charge in [-0.1, -0.05) is 6.92 Å². The van der Waals surface area contributed by atoms with E-state index in [0.717, 1.165) is 24.3 Å². The molecule has 0 saturated heterocycles. The topological polar surface area (TPSA) is 111 Å². The lowest BCUT2D eigenvalue weighted by atomic mass is 9.99. The number of aliphatic hydroxyl groups is 1. The van der Waals surface area contributed by atoms with Crippen molar-refractivity contribution in [2.75, 3.05) is 37.4 Å². The van der Waals surface area contributed by atoms with Crippen LogP contribution in [0.5, 0.6) is 5.75 Å². The molecule has 4 amide bonds. The van der Waals surface area contributed by atoms with Crippen molar-refractivity contribution in [3.05, 3.63) is 53.6 Å². The maximum Gasteiger partial charge on any atom is 0.416 e. The molecule has 9 nitrogen and oxygen atoms in total. The summed E-state index contributed by atoms with van der Waals surface area (Å²) in [5.41, 5.74) is -0.671. The smallest absolute Gasteiger partial charge is 0.416 e. The highest BCUT2D eigenvalue weighted by atomic mass is 19.4. The Bertz CT molecular complexity index is 1300. The Labute approximate surface area is 243 Å². The number of hydrogen-bond acceptors (Lipinski definition) is 5. The maximum absolute atomic E-state index is 13.5. The minimum atomic E-state index is -4.52. The predicted octanol–water partition coefficient (Wildman–Crippen LogP) is 5.37. The van der Waals surface area contributed by atoms with E-state index in [-0.39, 0.29) is 48.3 Å². The minimum absolute atomic E-state index is 0.0114. The minimum Gasteiger partial charge on any atom is -0.487 e. The van der Waals surface area contributed by atoms with Gasteiger partial charge in [0, 0.05) is 37.3 Å². The molecule has 2 aromatic rings. The van der Waals surface area contributed by atoms with Crippen LogP contribution in [0.15, 0.2) is 42.5 Å². The van der Waals surface area contributed by atoms with Crippen molar-refractivity contribution in [1.29, 1.82) is 0 Å². The van der Waals surface area contributed by atoms with Crippen molar-refractivity contribution in [2.24, 2.45) is 5.92 Å². The quantitative estimate of drug-likeness (QED) is 0.345. The zero-order valence-electron chi connectivity index (χ0n) is 23.6. The molecule has 0 unspecified atom stereocenters. The summed E-state index contributed by atoms with van der Waals surface area (Å²) < 4.78 is 82.2. The first kappa shape index (κ1) is 33.5. The number of nitrogens with one attached hydrogen (secondary N) is 2. The maximum atomic E-state index is 13.5. The second kappa shape index (κ2) is 13.5. The van der Waals surface area contributed by atoms with Crippen LogP contribution in [0.4, 0.5) is 42.5 Å². The number of rotatable bonds is 8. The van der Waals surface area contributed by atoms with Gasteiger partial charge in [-0.2, -0.15) is 26.3 Å². The third-order valence-corrected chi connectivity index (χ3v) is 6.85. The average molecular weight is 619 g/mol. The Morgan fingerprint density at radius 1 is 1.07 bits per heavy atom. The molecule has 0 aromatic heterocycles. The van der Waals surface area contributed by atoms with Crippen LogP contribution in [0.3, 0.4) is 0 Å². The van der Waals surface area contributed by atoms with Crippen molar-refractivity contribution in [3.63, 3.8) is 0 Å². The standard InChI is InChI=1S/C28H32F6N4O5/c1-16-13-38(17(2)15-39)25(41)21-12-20(35-24(40)10-11-27(29,30)31)8-9-22(21)43-23(16)14-37(3)26(42)36-19-6-4-18(5-7-19)28(32,33)34/h4-9,12,16-17,23,39H,10-11,13-15H2,1-3H3,(H,35,40)(H,36,42)/t16-,17-,23+/m0/s1. The van der Waals surface area contributed by atoms with Gasteiger partial charge in [-0.05, 0) is 49.4 Å². The average Bonchev–Trinajstić information content (AvgIpc) is 2.93. The molecule has 0 saturated carbocycles. The van der Waals surface area contributed by atoms with E-state index in [0.29, 0.717) is 0 Å². The number of carbonyl (C=O) groups excluding carboxylic acids is 3. The van der Waals surface area contributed by atoms with Crippen molar-refractivity contribution in [3.8, 4) is 5.75 Å². The molecule has 0 spiro atoms. The fourth-order valence-corrected chi connectivity index (χ4v) is 4.31. The lowest BCUT2D eigenvalue weighted by molar-refractivity contribution is -0.142. The van der Waals surface area contributed by atoms with Crippen LogP contribution in [-0.4, -0.2) is 77.8 Å². The molecule has 2 aromatic carbocycles. The predicted molar refractivity (Wildman–Crippen MR) is 145 cm³/mol. The van der Waals surface area contributed by atoms with E-state index in [4.69, 9.17) is 4.74 Å². The number of likely N-dealkylation sites (N-methyl/N-ethyl adjacent to an activating group) is 1. The Hall–Kier alpha value is -4.01. The molecule has 15 heteroatoms. The van der Waals surface area contributed by atoms with Gasteiger partial charge in [-0.3, -0.25) is 9.59 Å². The molecule has 0 aliphatic carbocycles. The molecular weight excluding hydrogens is 586 g/mol. The summed E-state index contributed by atoms with van der Waals surface area (Å²) in [5, 5.41) is 14.6. The van der Waals surface area contributed by atoms with Crippen LogP contribution in [0.2, 0.25) is 0 Å². The molecule has 1 aliphatic rings. The fraction of sp³-hybridized carbons (Fsp3) is 0.464. The number of halogens is 6. The monoisotopic (exact) mass is 618 g/mol. The van der Waals surface area contributed by atoms with Gasteiger partial charge in [0.15, 0.2) is 0 Å². The van der Waals surface area contributed by atoms with Gasteiger partial charge in [0.1, 0.15) is 11.9 Å². The SMILES string of the molecule is C[C@H]1CN([C@@H](C)CO)C(=O)c2cc(NC(=O)CCC(F)(F)F)ccc2O[C@@H]1CN(C)C(=O)Nc1ccc(C(F)(F)F)cc1. The summed E-state index contributed by atoms with van der Waals surface area (Å²) in [6.45, 7) is 3.10. The fourth-order valence-electron chi connectivity index (χ4n) is 4.31. The van der Waals surface area contributed by atoms with E-state index in [2.05, 4.69) is 10.6 Å². The molecule has 1 aliphatic heterocycles. The van der Waals surface area contributed by atoms with Crippen molar-refractivity contribution < 1.29 is 50.6 Å². The molecule has 236 valence electrons. The molecule has 0 fully saturated rings. The lowest BCUT2D eigenvalue weighted by Crippen LogP contribution is -2.50. The Morgan fingerprint density at radius 2 is 1.70 bits per heavy atom. The van der Waals surface area contributed by atoms with Crippen molar-refractivity contribution in [2.45, 2.75) is 51.2 Å². The van der Waals surface area contributed by atoms with Crippen LogP contribution in [-0.2, 0) is 11.0 Å². The molecule has 43 heavy (non-hydrogen) atoms. The second-order valence-electron chi connectivity index (χ2n) is 10.4. The van der Waals surface area contributed by atoms with Crippen LogP contribution in [0, 0.1) is 5.92 Å². The van der Waals surface area contributed by atoms with Gasteiger partial charge in [0.25, 0.3) is 5.91 Å². The molecule has 1 heterocycles. The summed E-state index contributed by atoms with van der Waals surface area (Å²) in [6.07, 6.45) is -11.9. The zero-order valence-corrected chi connectivity index (χ0v) is 23.6. The van der Waals surface area contributed by atoms with Crippen LogP contribution < -0.4 is 15.4 Å². The molecular formula is C28H32F6N4O5. The van der Waals surface area contributed by atoms with Gasteiger partial charge < -0.3 is 30.3 Å². The number of hydrogen-bond donors (Lipinski definition) is 3. The van der Waals surface area contributed by atoms with Crippen LogP contribution in [0.1, 0.15) is 42.6 Å². The molecule has 0 radical (unpaired) electrons. The number of urea groups is 1. The van der Waals surface area contributed by atoms with E-state index in [1.165, 1.54) is 35.0 Å². The Balaban J connectivity index is 1.81. The third-order valence-electron chi connectivity index (χ3n) is 6.85. The molecule has 3 N–H and O–H groups in total. The number of fused-ring (bicyclic) bond motifs is 1. The van der Waals surface area contributed by atoms with Gasteiger partial charge >= 0.3 is 18.4 Å². The van der Waals surface area contributed by atoms with E-state index < -0.39 is 60.7 Å². The van der Waals surface area contributed by atoms with Crippen LogP contribution in [0.25, 0.3) is 0 Å². The molecule has 0 bridgehead atoms. The van der Waals surface area contributed by atoms with E-state index in [1.807, 2.05) is 0 Å². The normalized spacial score (nSPS) is 18.1. The number of nitrogens with zero attached hydrogens (tertiary/aromatic N) is 2. The van der Waals surface area contributed by atoms with E-state index in [1.54, 1.807) is 13.8 Å². The van der Waals surface area contributed by atoms with Gasteiger partial charge in [0.2, 0.25) is 5.91 Å². The molecule has 3 rings (SSSR count). The second-order valence-corrected chi connectivity index (χ2v) is 10.4. The number of ether oxygens (including phenoxy) is 1. The number of anilines is 2. The first-order chi connectivity index (χ1) is 20.0. The number of aliphatic hydroxyl groups excluding tert-OH is 1. The highest BCUT2D eigenvalue weighted by molar-refractivity contribution is 6.00.